The third-order valence-corrected chi connectivity index (χ3v) is 5.40. The van der Waals surface area contributed by atoms with Gasteiger partial charge in [0.2, 0.25) is 5.91 Å². The Labute approximate surface area is 160 Å². The van der Waals surface area contributed by atoms with Gasteiger partial charge in [-0.05, 0) is 56.2 Å². The molecule has 1 unspecified atom stereocenters. The predicted molar refractivity (Wildman–Crippen MR) is 110 cm³/mol. The number of carbonyl (C=O) groups is 1. The van der Waals surface area contributed by atoms with Gasteiger partial charge in [0, 0.05) is 31.1 Å². The number of aryl methyl sites for hydroxylation is 2. The number of nitrogens with zero attached hydrogens (tertiary/aromatic N) is 3. The van der Waals surface area contributed by atoms with Crippen LogP contribution in [0.2, 0.25) is 0 Å². The fourth-order valence-electron chi connectivity index (χ4n) is 3.87. The van der Waals surface area contributed by atoms with E-state index >= 15 is 0 Å². The highest BCUT2D eigenvalue weighted by Crippen LogP contribution is 2.34. The van der Waals surface area contributed by atoms with Crippen molar-refractivity contribution in [1.82, 2.24) is 9.55 Å². The SMILES string of the molecule is C=C(C)Cn1c(C2CC(=O)N(c3ccc(C)c(C)c3)C2)nc2ccccc21. The first-order chi connectivity index (χ1) is 12.9. The Balaban J connectivity index is 1.71. The van der Waals surface area contributed by atoms with Crippen LogP contribution in [-0.4, -0.2) is 22.0 Å². The number of benzene rings is 2. The Hall–Kier alpha value is -2.88. The van der Waals surface area contributed by atoms with Gasteiger partial charge >= 0.3 is 0 Å². The molecule has 1 saturated heterocycles. The van der Waals surface area contributed by atoms with Crippen molar-refractivity contribution < 1.29 is 4.79 Å². The molecule has 4 nitrogen and oxygen atoms in total. The van der Waals surface area contributed by atoms with Crippen LogP contribution in [0.3, 0.4) is 0 Å². The van der Waals surface area contributed by atoms with Gasteiger partial charge in [-0.25, -0.2) is 4.98 Å². The average molecular weight is 359 g/mol. The second kappa shape index (κ2) is 6.69. The fourth-order valence-corrected chi connectivity index (χ4v) is 3.87. The van der Waals surface area contributed by atoms with Crippen molar-refractivity contribution in [2.24, 2.45) is 0 Å². The Bertz CT molecular complexity index is 1050. The monoisotopic (exact) mass is 359 g/mol. The van der Waals surface area contributed by atoms with Crippen molar-refractivity contribution in [2.75, 3.05) is 11.4 Å². The molecule has 1 atom stereocenters. The molecule has 1 fully saturated rings. The van der Waals surface area contributed by atoms with Crippen molar-refractivity contribution in [3.8, 4) is 0 Å². The molecule has 3 aromatic rings. The number of para-hydroxylation sites is 2. The van der Waals surface area contributed by atoms with Crippen molar-refractivity contribution in [1.29, 1.82) is 0 Å². The minimum atomic E-state index is 0.0888. The molecule has 1 aliphatic rings. The molecule has 2 aromatic carbocycles. The summed E-state index contributed by atoms with van der Waals surface area (Å²) in [5.41, 5.74) is 6.59. The molecule has 138 valence electrons. The standard InChI is InChI=1S/C23H25N3O/c1-15(2)13-26-21-8-6-5-7-20(21)24-23(26)18-12-22(27)25(14-18)19-10-9-16(3)17(4)11-19/h5-11,18H,1,12-14H2,2-4H3. The van der Waals surface area contributed by atoms with Crippen molar-refractivity contribution in [2.45, 2.75) is 39.7 Å². The lowest BCUT2D eigenvalue weighted by Gasteiger charge is -2.18. The number of aromatic nitrogens is 2. The van der Waals surface area contributed by atoms with Gasteiger partial charge in [0.15, 0.2) is 0 Å². The minimum absolute atomic E-state index is 0.0888. The number of fused-ring (bicyclic) bond motifs is 1. The summed E-state index contributed by atoms with van der Waals surface area (Å²) < 4.78 is 2.22. The average Bonchev–Trinajstić information content (AvgIpc) is 3.18. The summed E-state index contributed by atoms with van der Waals surface area (Å²) >= 11 is 0. The summed E-state index contributed by atoms with van der Waals surface area (Å²) in [5, 5.41) is 0. The third-order valence-electron chi connectivity index (χ3n) is 5.40. The highest BCUT2D eigenvalue weighted by molar-refractivity contribution is 5.96. The van der Waals surface area contributed by atoms with E-state index in [1.54, 1.807) is 0 Å². The first-order valence-corrected chi connectivity index (χ1v) is 9.41. The number of amides is 1. The lowest BCUT2D eigenvalue weighted by Crippen LogP contribution is -2.24. The molecule has 1 aromatic heterocycles. The molecule has 0 saturated carbocycles. The van der Waals surface area contributed by atoms with Gasteiger partial charge in [-0.2, -0.15) is 0 Å². The first-order valence-electron chi connectivity index (χ1n) is 9.41. The van der Waals surface area contributed by atoms with Crippen LogP contribution in [-0.2, 0) is 11.3 Å². The van der Waals surface area contributed by atoms with Gasteiger partial charge in [0.25, 0.3) is 0 Å². The molecule has 2 heterocycles. The van der Waals surface area contributed by atoms with Gasteiger partial charge in [-0.1, -0.05) is 30.4 Å². The van der Waals surface area contributed by atoms with Gasteiger partial charge in [0.05, 0.1) is 11.0 Å². The molecule has 0 radical (unpaired) electrons. The number of hydrogen-bond acceptors (Lipinski definition) is 2. The van der Waals surface area contributed by atoms with E-state index in [-0.39, 0.29) is 11.8 Å². The topological polar surface area (TPSA) is 38.1 Å². The maximum atomic E-state index is 12.8. The Morgan fingerprint density at radius 3 is 2.70 bits per heavy atom. The summed E-state index contributed by atoms with van der Waals surface area (Å²) in [6.45, 7) is 11.7. The minimum Gasteiger partial charge on any atom is -0.324 e. The van der Waals surface area contributed by atoms with E-state index in [1.807, 2.05) is 36.1 Å². The van der Waals surface area contributed by atoms with E-state index < -0.39 is 0 Å². The molecule has 0 aliphatic carbocycles. The summed E-state index contributed by atoms with van der Waals surface area (Å²) in [7, 11) is 0. The second-order valence-electron chi connectivity index (χ2n) is 7.68. The predicted octanol–water partition coefficient (Wildman–Crippen LogP) is 4.75. The number of hydrogen-bond donors (Lipinski definition) is 0. The lowest BCUT2D eigenvalue weighted by molar-refractivity contribution is -0.117. The maximum absolute atomic E-state index is 12.8. The van der Waals surface area contributed by atoms with E-state index in [9.17, 15) is 4.79 Å². The van der Waals surface area contributed by atoms with E-state index in [4.69, 9.17) is 4.98 Å². The highest BCUT2D eigenvalue weighted by atomic mass is 16.2. The van der Waals surface area contributed by atoms with E-state index in [1.165, 1.54) is 11.1 Å². The number of anilines is 1. The molecule has 4 rings (SSSR count). The van der Waals surface area contributed by atoms with Crippen LogP contribution in [0, 0.1) is 13.8 Å². The number of imidazole rings is 1. The summed E-state index contributed by atoms with van der Waals surface area (Å²) in [6, 6.07) is 14.4. The van der Waals surface area contributed by atoms with Crippen molar-refractivity contribution >= 4 is 22.6 Å². The molecular formula is C23H25N3O. The van der Waals surface area contributed by atoms with Crippen LogP contribution >= 0.6 is 0 Å². The molecule has 0 N–H and O–H groups in total. The van der Waals surface area contributed by atoms with Crippen LogP contribution in [0.5, 0.6) is 0 Å². The summed E-state index contributed by atoms with van der Waals surface area (Å²) in [4.78, 5) is 19.6. The summed E-state index contributed by atoms with van der Waals surface area (Å²) in [6.07, 6.45) is 0.492. The quantitative estimate of drug-likeness (QED) is 0.631. The molecular weight excluding hydrogens is 334 g/mol. The van der Waals surface area contributed by atoms with Gasteiger partial charge in [-0.3, -0.25) is 4.79 Å². The molecule has 0 spiro atoms. The second-order valence-corrected chi connectivity index (χ2v) is 7.68. The number of rotatable bonds is 4. The van der Waals surface area contributed by atoms with E-state index in [0.29, 0.717) is 13.0 Å². The van der Waals surface area contributed by atoms with E-state index in [0.717, 1.165) is 34.7 Å². The van der Waals surface area contributed by atoms with Gasteiger partial charge < -0.3 is 9.47 Å². The molecule has 0 bridgehead atoms. The van der Waals surface area contributed by atoms with Crippen LogP contribution < -0.4 is 4.90 Å². The first kappa shape index (κ1) is 17.5. The largest absolute Gasteiger partial charge is 0.324 e. The number of carbonyl (C=O) groups excluding carboxylic acids is 1. The molecule has 1 aliphatic heterocycles. The van der Waals surface area contributed by atoms with E-state index in [2.05, 4.69) is 43.2 Å². The highest BCUT2D eigenvalue weighted by Gasteiger charge is 2.34. The van der Waals surface area contributed by atoms with Crippen LogP contribution in [0.15, 0.2) is 54.6 Å². The normalized spacial score (nSPS) is 17.1. The fraction of sp³-hybridized carbons (Fsp3) is 0.304. The number of allylic oxidation sites excluding steroid dienone is 1. The molecule has 1 amide bonds. The van der Waals surface area contributed by atoms with Crippen molar-refractivity contribution in [3.63, 3.8) is 0 Å². The molecule has 27 heavy (non-hydrogen) atoms. The maximum Gasteiger partial charge on any atom is 0.227 e. The van der Waals surface area contributed by atoms with Crippen LogP contribution in [0.4, 0.5) is 5.69 Å². The lowest BCUT2D eigenvalue weighted by atomic mass is 10.1. The van der Waals surface area contributed by atoms with Gasteiger partial charge in [-0.15, -0.1) is 0 Å². The third kappa shape index (κ3) is 3.16. The zero-order valence-corrected chi connectivity index (χ0v) is 16.2. The Kier molecular flexibility index (Phi) is 4.34. The van der Waals surface area contributed by atoms with Crippen LogP contribution in [0.25, 0.3) is 11.0 Å². The van der Waals surface area contributed by atoms with Crippen molar-refractivity contribution in [3.05, 3.63) is 71.6 Å². The Morgan fingerprint density at radius 1 is 1.19 bits per heavy atom. The zero-order valence-electron chi connectivity index (χ0n) is 16.2. The van der Waals surface area contributed by atoms with Gasteiger partial charge in [0.1, 0.15) is 5.82 Å². The zero-order chi connectivity index (χ0) is 19.1. The molecule has 4 heteroatoms. The van der Waals surface area contributed by atoms with Crippen LogP contribution in [0.1, 0.15) is 36.2 Å². The smallest absolute Gasteiger partial charge is 0.227 e. The Morgan fingerprint density at radius 2 is 1.96 bits per heavy atom. The summed E-state index contributed by atoms with van der Waals surface area (Å²) in [5.74, 6) is 1.24.